The zero-order valence-corrected chi connectivity index (χ0v) is 17.1. The molecule has 0 spiro atoms. The summed E-state index contributed by atoms with van der Waals surface area (Å²) in [6.07, 6.45) is 2.41. The first-order valence-corrected chi connectivity index (χ1v) is 9.95. The molecule has 5 heteroatoms. The maximum absolute atomic E-state index is 12.8. The van der Waals surface area contributed by atoms with Gasteiger partial charge in [-0.05, 0) is 69.7 Å². The number of nitrogens with zero attached hydrogens (tertiary/aromatic N) is 1. The molecule has 0 radical (unpaired) electrons. The van der Waals surface area contributed by atoms with Gasteiger partial charge in [0, 0.05) is 23.7 Å². The van der Waals surface area contributed by atoms with Crippen molar-refractivity contribution in [3.63, 3.8) is 0 Å². The molecular formula is C22H32N2O3. The highest BCUT2D eigenvalue weighted by atomic mass is 16.6. The van der Waals surface area contributed by atoms with Gasteiger partial charge in [0.15, 0.2) is 0 Å². The molecule has 3 rings (SSSR count). The summed E-state index contributed by atoms with van der Waals surface area (Å²) in [5.74, 6) is 0.208. The van der Waals surface area contributed by atoms with Crippen molar-refractivity contribution in [2.24, 2.45) is 0 Å². The molecule has 2 aromatic rings. The molecule has 148 valence electrons. The van der Waals surface area contributed by atoms with Gasteiger partial charge in [-0.1, -0.05) is 19.9 Å². The molecule has 1 aliphatic carbocycles. The molecule has 0 saturated heterocycles. The molecule has 1 aliphatic rings. The van der Waals surface area contributed by atoms with Crippen LogP contribution in [-0.4, -0.2) is 33.5 Å². The predicted octanol–water partition coefficient (Wildman–Crippen LogP) is 4.55. The molecule has 1 heterocycles. The first kappa shape index (κ1) is 19.9. The van der Waals surface area contributed by atoms with Crippen LogP contribution in [0.25, 0.3) is 10.9 Å². The third-order valence-electron chi connectivity index (χ3n) is 5.11. The number of aromatic nitrogens is 1. The van der Waals surface area contributed by atoms with Crippen molar-refractivity contribution in [3.8, 4) is 0 Å². The van der Waals surface area contributed by atoms with Gasteiger partial charge in [-0.2, -0.15) is 0 Å². The Morgan fingerprint density at radius 3 is 2.63 bits per heavy atom. The van der Waals surface area contributed by atoms with Crippen molar-refractivity contribution < 1.29 is 14.6 Å². The van der Waals surface area contributed by atoms with Crippen LogP contribution in [0.15, 0.2) is 24.3 Å². The highest BCUT2D eigenvalue weighted by Crippen LogP contribution is 2.28. The summed E-state index contributed by atoms with van der Waals surface area (Å²) in [4.78, 5) is 12.8. The molecule has 2 atom stereocenters. The van der Waals surface area contributed by atoms with E-state index in [-0.39, 0.29) is 24.2 Å². The van der Waals surface area contributed by atoms with Crippen LogP contribution in [0.1, 0.15) is 71.1 Å². The second-order valence-electron chi connectivity index (χ2n) is 8.92. The summed E-state index contributed by atoms with van der Waals surface area (Å²) in [6.45, 7) is 10.5. The summed E-state index contributed by atoms with van der Waals surface area (Å²) in [5, 5.41) is 14.5. The van der Waals surface area contributed by atoms with E-state index in [1.165, 1.54) is 0 Å². The van der Waals surface area contributed by atoms with E-state index in [0.717, 1.165) is 41.4 Å². The van der Waals surface area contributed by atoms with Crippen molar-refractivity contribution in [2.45, 2.75) is 84.1 Å². The number of fused-ring (bicyclic) bond motifs is 1. The number of carbonyl (C=O) groups is 1. The van der Waals surface area contributed by atoms with E-state index in [1.807, 2.05) is 32.9 Å². The molecule has 0 unspecified atom stereocenters. The maximum Gasteiger partial charge on any atom is 0.419 e. The molecule has 1 fully saturated rings. The van der Waals surface area contributed by atoms with E-state index >= 15 is 0 Å². The zero-order chi connectivity index (χ0) is 19.8. The molecular weight excluding hydrogens is 340 g/mol. The highest BCUT2D eigenvalue weighted by molar-refractivity contribution is 5.91. The third kappa shape index (κ3) is 4.53. The first-order valence-electron chi connectivity index (χ1n) is 9.95. The minimum atomic E-state index is -0.534. The lowest BCUT2D eigenvalue weighted by Crippen LogP contribution is -2.35. The monoisotopic (exact) mass is 372 g/mol. The van der Waals surface area contributed by atoms with Crippen molar-refractivity contribution in [1.29, 1.82) is 0 Å². The smallest absolute Gasteiger partial charge is 0.419 e. The minimum absolute atomic E-state index is 0.179. The van der Waals surface area contributed by atoms with Crippen LogP contribution >= 0.6 is 0 Å². The molecule has 5 nitrogen and oxygen atoms in total. The van der Waals surface area contributed by atoms with Crippen molar-refractivity contribution >= 4 is 17.0 Å². The van der Waals surface area contributed by atoms with Crippen LogP contribution < -0.4 is 5.32 Å². The summed E-state index contributed by atoms with van der Waals surface area (Å²) in [6, 6.07) is 8.42. The minimum Gasteiger partial charge on any atom is -0.443 e. The number of aliphatic hydroxyl groups is 1. The van der Waals surface area contributed by atoms with Crippen molar-refractivity contribution in [1.82, 2.24) is 9.88 Å². The Hall–Kier alpha value is -1.85. The Kier molecular flexibility index (Phi) is 5.63. The fourth-order valence-corrected chi connectivity index (χ4v) is 3.76. The fraction of sp³-hybridized carbons (Fsp3) is 0.591. The van der Waals surface area contributed by atoms with Crippen molar-refractivity contribution in [2.75, 3.05) is 0 Å². The number of aliphatic hydroxyl groups excluding tert-OH is 1. The zero-order valence-electron chi connectivity index (χ0n) is 17.1. The number of carbonyl (C=O) groups excluding carboxylic acids is 1. The van der Waals surface area contributed by atoms with Gasteiger partial charge in [-0.15, -0.1) is 0 Å². The Bertz CT molecular complexity index is 817. The van der Waals surface area contributed by atoms with E-state index < -0.39 is 5.60 Å². The van der Waals surface area contributed by atoms with Gasteiger partial charge in [-0.25, -0.2) is 9.36 Å². The molecule has 0 bridgehead atoms. The first-order chi connectivity index (χ1) is 12.7. The van der Waals surface area contributed by atoms with Crippen LogP contribution in [0.2, 0.25) is 0 Å². The fourth-order valence-electron chi connectivity index (χ4n) is 3.76. The van der Waals surface area contributed by atoms with Gasteiger partial charge >= 0.3 is 6.09 Å². The summed E-state index contributed by atoms with van der Waals surface area (Å²) >= 11 is 0. The lowest BCUT2D eigenvalue weighted by atomic mass is 10.1. The number of hydrogen-bond acceptors (Lipinski definition) is 4. The molecule has 0 amide bonds. The average molecular weight is 373 g/mol. The molecule has 1 aromatic carbocycles. The average Bonchev–Trinajstić information content (AvgIpc) is 3.14. The summed E-state index contributed by atoms with van der Waals surface area (Å²) < 4.78 is 7.32. The van der Waals surface area contributed by atoms with Gasteiger partial charge < -0.3 is 15.2 Å². The number of nitrogens with one attached hydrogen (secondary N) is 1. The topological polar surface area (TPSA) is 63.5 Å². The lowest BCUT2D eigenvalue weighted by Gasteiger charge is -2.21. The number of rotatable bonds is 4. The van der Waals surface area contributed by atoms with E-state index in [1.54, 1.807) is 4.57 Å². The SMILES string of the molecule is CC(C)c1cc2cc(CN[C@H]3CCC[C@H]3O)ccc2n1C(=O)OC(C)(C)C. The summed E-state index contributed by atoms with van der Waals surface area (Å²) in [5.41, 5.74) is 2.44. The van der Waals surface area contributed by atoms with E-state index in [9.17, 15) is 9.90 Å². The van der Waals surface area contributed by atoms with E-state index in [0.29, 0.717) is 6.54 Å². The van der Waals surface area contributed by atoms with Crippen LogP contribution in [0.3, 0.4) is 0 Å². The Labute approximate surface area is 161 Å². The molecule has 1 saturated carbocycles. The normalized spacial score (nSPS) is 20.6. The van der Waals surface area contributed by atoms with Crippen LogP contribution in [-0.2, 0) is 11.3 Å². The number of benzene rings is 1. The lowest BCUT2D eigenvalue weighted by molar-refractivity contribution is 0.0539. The van der Waals surface area contributed by atoms with E-state index in [2.05, 4.69) is 31.3 Å². The molecule has 2 N–H and O–H groups in total. The molecule has 1 aromatic heterocycles. The van der Waals surface area contributed by atoms with Gasteiger partial charge in [0.05, 0.1) is 11.6 Å². The van der Waals surface area contributed by atoms with Crippen LogP contribution in [0.5, 0.6) is 0 Å². The highest BCUT2D eigenvalue weighted by Gasteiger charge is 2.25. The van der Waals surface area contributed by atoms with Crippen LogP contribution in [0, 0.1) is 0 Å². The maximum atomic E-state index is 12.8. The van der Waals surface area contributed by atoms with Crippen molar-refractivity contribution in [3.05, 3.63) is 35.5 Å². The predicted molar refractivity (Wildman–Crippen MR) is 108 cm³/mol. The van der Waals surface area contributed by atoms with Gasteiger partial charge in [0.25, 0.3) is 0 Å². The molecule has 0 aliphatic heterocycles. The van der Waals surface area contributed by atoms with E-state index in [4.69, 9.17) is 4.74 Å². The second-order valence-corrected chi connectivity index (χ2v) is 8.92. The Balaban J connectivity index is 1.87. The quantitative estimate of drug-likeness (QED) is 0.826. The standard InChI is InChI=1S/C22H32N2O3/c1-14(2)19-12-16-11-15(13-23-17-7-6-8-20(17)25)9-10-18(16)24(19)21(26)27-22(3,4)5/h9-12,14,17,20,23,25H,6-8,13H2,1-5H3/t17-,20+/m0/s1. The van der Waals surface area contributed by atoms with Crippen LogP contribution in [0.4, 0.5) is 4.79 Å². The van der Waals surface area contributed by atoms with Gasteiger partial charge in [0.2, 0.25) is 0 Å². The Morgan fingerprint density at radius 2 is 2.04 bits per heavy atom. The molecule has 27 heavy (non-hydrogen) atoms. The number of hydrogen-bond donors (Lipinski definition) is 2. The third-order valence-corrected chi connectivity index (χ3v) is 5.11. The largest absolute Gasteiger partial charge is 0.443 e. The summed E-state index contributed by atoms with van der Waals surface area (Å²) in [7, 11) is 0. The second kappa shape index (κ2) is 7.64. The van der Waals surface area contributed by atoms with Gasteiger partial charge in [-0.3, -0.25) is 0 Å². The van der Waals surface area contributed by atoms with Gasteiger partial charge in [0.1, 0.15) is 5.60 Å². The Morgan fingerprint density at radius 1 is 1.30 bits per heavy atom. The number of ether oxygens (including phenoxy) is 1.